The highest BCUT2D eigenvalue weighted by molar-refractivity contribution is 8.77. The average molecular weight is 774 g/mol. The maximum atomic E-state index is 13.4. The number of H-pyrrole nitrogens is 1. The lowest BCUT2D eigenvalue weighted by Crippen LogP contribution is -2.44. The predicted octanol–water partition coefficient (Wildman–Crippen LogP) is 7.13. The summed E-state index contributed by atoms with van der Waals surface area (Å²) in [4.78, 5) is 36.4. The Balaban J connectivity index is 1.80. The first-order valence-corrected chi connectivity index (χ1v) is 21.8. The smallest absolute Gasteiger partial charge is 0.414 e. The van der Waals surface area contributed by atoms with Crippen molar-refractivity contribution in [2.24, 2.45) is 10.9 Å². The van der Waals surface area contributed by atoms with Crippen LogP contribution in [0, 0.1) is 17.8 Å². The van der Waals surface area contributed by atoms with Gasteiger partial charge in [0.1, 0.15) is 24.9 Å². The molecule has 0 radical (unpaired) electrons. The summed E-state index contributed by atoms with van der Waals surface area (Å²) in [6.07, 6.45) is -0.516. The van der Waals surface area contributed by atoms with Gasteiger partial charge in [0, 0.05) is 30.1 Å². The predicted molar refractivity (Wildman–Crippen MR) is 201 cm³/mol. The molecule has 0 saturated carbocycles. The molecule has 17 heteroatoms. The van der Waals surface area contributed by atoms with E-state index in [9.17, 15) is 22.8 Å². The lowest BCUT2D eigenvalue weighted by atomic mass is 10.2. The number of nitrogens with zero attached hydrogens (tertiary/aromatic N) is 3. The van der Waals surface area contributed by atoms with E-state index >= 15 is 0 Å². The van der Waals surface area contributed by atoms with E-state index in [0.717, 1.165) is 0 Å². The number of ether oxygens (including phenoxy) is 3. The number of fused-ring (bicyclic) bond motifs is 1. The van der Waals surface area contributed by atoms with Crippen LogP contribution in [-0.2, 0) is 23.4 Å². The van der Waals surface area contributed by atoms with Crippen LogP contribution in [0.25, 0.3) is 11.0 Å². The Hall–Kier alpha value is -2.59. The molecule has 0 spiro atoms. The monoisotopic (exact) mass is 773 g/mol. The molecule has 0 bridgehead atoms. The van der Waals surface area contributed by atoms with Crippen molar-refractivity contribution in [1.82, 2.24) is 19.9 Å². The summed E-state index contributed by atoms with van der Waals surface area (Å²) in [6.45, 7) is 22.6. The van der Waals surface area contributed by atoms with Crippen molar-refractivity contribution in [1.29, 1.82) is 0 Å². The molecule has 2 aromatic heterocycles. The molecule has 2 aromatic rings. The highest BCUT2D eigenvalue weighted by Gasteiger charge is 2.42. The summed E-state index contributed by atoms with van der Waals surface area (Å²) in [6, 6.07) is 0. The largest absolute Gasteiger partial charge is 0.471 e. The first-order chi connectivity index (χ1) is 23.6. The summed E-state index contributed by atoms with van der Waals surface area (Å²) in [5.74, 6) is 4.49. The Kier molecular flexibility index (Phi) is 15.1. The van der Waals surface area contributed by atoms with E-state index in [1.807, 2.05) is 19.2 Å². The average Bonchev–Trinajstić information content (AvgIpc) is 3.60. The zero-order valence-electron chi connectivity index (χ0n) is 30.7. The summed E-state index contributed by atoms with van der Waals surface area (Å²) >= 11 is 0. The minimum absolute atomic E-state index is 0.0150. The number of alkyl halides is 3. The van der Waals surface area contributed by atoms with Gasteiger partial charge in [0.05, 0.1) is 30.3 Å². The summed E-state index contributed by atoms with van der Waals surface area (Å²) in [5.41, 5.74) is 0.394. The molecule has 3 atom stereocenters. The van der Waals surface area contributed by atoms with Crippen LogP contribution in [0.2, 0.25) is 18.1 Å². The number of hydrogen-bond donors (Lipinski definition) is 2. The first kappa shape index (κ1) is 42.8. The molecule has 1 saturated heterocycles. The van der Waals surface area contributed by atoms with E-state index in [1.165, 1.54) is 21.6 Å². The Morgan fingerprint density at radius 3 is 2.63 bits per heavy atom. The van der Waals surface area contributed by atoms with Crippen LogP contribution in [0.3, 0.4) is 0 Å². The van der Waals surface area contributed by atoms with Crippen molar-refractivity contribution in [3.63, 3.8) is 0 Å². The molecule has 3 rings (SSSR count). The van der Waals surface area contributed by atoms with Crippen LogP contribution < -0.4 is 10.9 Å². The molecule has 2 N–H and O–H groups in total. The van der Waals surface area contributed by atoms with Gasteiger partial charge >= 0.3 is 12.1 Å². The Bertz CT molecular complexity index is 1660. The van der Waals surface area contributed by atoms with Gasteiger partial charge < -0.3 is 28.5 Å². The molecule has 51 heavy (non-hydrogen) atoms. The van der Waals surface area contributed by atoms with Gasteiger partial charge in [-0.25, -0.2) is 4.99 Å². The molecular weight excluding hydrogens is 724 g/mol. The number of rotatable bonds is 16. The number of aliphatic imine (C=N–C) groups is 1. The lowest BCUT2D eigenvalue weighted by Gasteiger charge is -2.37. The minimum atomic E-state index is -4.93. The molecule has 11 nitrogen and oxygen atoms in total. The SMILES string of the molecule is C=CCOC1C[C@H](n2cc(C#CCOCSSC(C)(C)CNC(=O)C(F)(F)F)c3c(=O)[nH]c(/N=C\C(C)C)nc32)O[C@@H]1CO[Si](C)(C)C(C)(C)C. The molecule has 284 valence electrons. The van der Waals surface area contributed by atoms with Gasteiger partial charge in [-0.1, -0.05) is 74.1 Å². The second kappa shape index (κ2) is 18.0. The summed E-state index contributed by atoms with van der Waals surface area (Å²) in [5, 5.41) is 2.20. The van der Waals surface area contributed by atoms with Gasteiger partial charge in [0.25, 0.3) is 5.56 Å². The molecule has 0 aliphatic carbocycles. The fraction of sp³-hybridized carbons (Fsp3) is 0.647. The van der Waals surface area contributed by atoms with Crippen molar-refractivity contribution in [3.8, 4) is 11.8 Å². The molecule has 1 aliphatic rings. The topological polar surface area (TPSA) is 129 Å². The van der Waals surface area contributed by atoms with Crippen LogP contribution in [0.1, 0.15) is 66.7 Å². The molecule has 1 unspecified atom stereocenters. The third-order valence-corrected chi connectivity index (χ3v) is 15.7. The van der Waals surface area contributed by atoms with Crippen LogP contribution in [0.15, 0.2) is 28.6 Å². The van der Waals surface area contributed by atoms with Crippen LogP contribution in [0.4, 0.5) is 19.1 Å². The normalized spacial score (nSPS) is 18.8. The number of carbonyl (C=O) groups excluding carboxylic acids is 1. The van der Waals surface area contributed by atoms with Crippen molar-refractivity contribution in [2.75, 3.05) is 32.3 Å². The van der Waals surface area contributed by atoms with Crippen LogP contribution >= 0.6 is 21.6 Å². The first-order valence-electron chi connectivity index (χ1n) is 16.6. The van der Waals surface area contributed by atoms with E-state index < -0.39 is 36.9 Å². The van der Waals surface area contributed by atoms with Gasteiger partial charge in [0.2, 0.25) is 5.95 Å². The fourth-order valence-electron chi connectivity index (χ4n) is 4.50. The molecule has 1 fully saturated rings. The summed E-state index contributed by atoms with van der Waals surface area (Å²) < 4.78 is 63.4. The molecular formula is C34H50F3N5O6S2Si. The van der Waals surface area contributed by atoms with E-state index in [0.29, 0.717) is 30.8 Å². The van der Waals surface area contributed by atoms with Gasteiger partial charge in [-0.05, 0) is 37.9 Å². The zero-order valence-corrected chi connectivity index (χ0v) is 33.4. The highest BCUT2D eigenvalue weighted by atomic mass is 33.1. The Morgan fingerprint density at radius 1 is 1.29 bits per heavy atom. The van der Waals surface area contributed by atoms with Crippen molar-refractivity contribution < 1.29 is 36.6 Å². The van der Waals surface area contributed by atoms with E-state index in [2.05, 4.69) is 67.2 Å². The molecule has 1 aliphatic heterocycles. The van der Waals surface area contributed by atoms with E-state index in [4.69, 9.17) is 18.6 Å². The Labute approximate surface area is 306 Å². The lowest BCUT2D eigenvalue weighted by molar-refractivity contribution is -0.173. The van der Waals surface area contributed by atoms with Crippen LogP contribution in [-0.4, -0.2) is 90.4 Å². The molecule has 3 heterocycles. The maximum Gasteiger partial charge on any atom is 0.471 e. The molecule has 0 aromatic carbocycles. The number of nitrogens with one attached hydrogen (secondary N) is 2. The summed E-state index contributed by atoms with van der Waals surface area (Å²) in [7, 11) is 0.482. The quantitative estimate of drug-likeness (QED) is 0.0348. The van der Waals surface area contributed by atoms with Crippen LogP contribution in [0.5, 0.6) is 0 Å². The minimum Gasteiger partial charge on any atom is -0.414 e. The second-order valence-corrected chi connectivity index (χ2v) is 22.3. The third-order valence-electron chi connectivity index (χ3n) is 8.24. The van der Waals surface area contributed by atoms with Crippen molar-refractivity contribution >= 4 is 59.0 Å². The van der Waals surface area contributed by atoms with Gasteiger partial charge in [0.15, 0.2) is 14.0 Å². The number of aromatic amines is 1. The fourth-order valence-corrected chi connectivity index (χ4v) is 7.64. The maximum absolute atomic E-state index is 13.4. The number of amides is 1. The zero-order chi connectivity index (χ0) is 38.2. The third kappa shape index (κ3) is 12.5. The number of halogens is 3. The number of carbonyl (C=O) groups is 1. The van der Waals surface area contributed by atoms with E-state index in [1.54, 1.807) is 36.9 Å². The molecule has 1 amide bonds. The van der Waals surface area contributed by atoms with Gasteiger partial charge in [-0.15, -0.1) is 6.58 Å². The second-order valence-electron chi connectivity index (χ2n) is 14.6. The standard InChI is InChI=1S/C34H50F3N5O6S2Si/c1-11-14-46-24-16-26(48-25(24)19-47-51(9,10)32(4,5)6)42-18-23(27-28(42)40-31(41-29(27)43)38-17-22(2)3)13-12-15-45-21-49-50-33(7,8)20-39-30(44)34(35,36)37/h11,17-18,22,24-26H,1,14-16,19-21H2,2-10H3,(H,39,44)(H,40,41,43)/b38-17-/t24?,25-,26-/m1/s1. The van der Waals surface area contributed by atoms with E-state index in [-0.39, 0.29) is 53.6 Å². The Morgan fingerprint density at radius 2 is 2.00 bits per heavy atom. The van der Waals surface area contributed by atoms with Crippen molar-refractivity contribution in [3.05, 3.63) is 34.8 Å². The number of aromatic nitrogens is 3. The number of hydrogen-bond acceptors (Lipinski definition) is 10. The van der Waals surface area contributed by atoms with Gasteiger partial charge in [-0.2, -0.15) is 18.2 Å². The highest BCUT2D eigenvalue weighted by Crippen LogP contribution is 2.39. The van der Waals surface area contributed by atoms with Gasteiger partial charge in [-0.3, -0.25) is 14.6 Å². The van der Waals surface area contributed by atoms with Crippen molar-refractivity contribution in [2.45, 2.75) is 102 Å².